The average molecular weight is 311 g/mol. The number of halogens is 1. The Hall–Kier alpha value is -1.26. The third-order valence-corrected chi connectivity index (χ3v) is 4.07. The molecule has 116 valence electrons. The molecule has 5 heteroatoms. The molecule has 21 heavy (non-hydrogen) atoms. The zero-order valence-corrected chi connectivity index (χ0v) is 13.4. The number of hydrogen-bond donors (Lipinski definition) is 1. The molecule has 0 bridgehead atoms. The van der Waals surface area contributed by atoms with Gasteiger partial charge in [0.2, 0.25) is 0 Å². The molecule has 1 aliphatic rings. The summed E-state index contributed by atoms with van der Waals surface area (Å²) in [5.74, 6) is 0.566. The van der Waals surface area contributed by atoms with Gasteiger partial charge in [0.1, 0.15) is 5.75 Å². The number of amides is 1. The predicted molar refractivity (Wildman–Crippen MR) is 85.2 cm³/mol. The second-order valence-electron chi connectivity index (χ2n) is 5.34. The second kappa shape index (κ2) is 7.66. The Bertz CT molecular complexity index is 487. The number of carbonyl (C=O) groups excluding carboxylic acids is 1. The van der Waals surface area contributed by atoms with Crippen LogP contribution in [0.2, 0.25) is 5.02 Å². The number of rotatable bonds is 5. The Morgan fingerprint density at radius 3 is 2.95 bits per heavy atom. The number of piperidine rings is 1. The van der Waals surface area contributed by atoms with Crippen LogP contribution in [0.3, 0.4) is 0 Å². The van der Waals surface area contributed by atoms with Crippen LogP contribution in [0, 0.1) is 0 Å². The quantitative estimate of drug-likeness (QED) is 0.909. The van der Waals surface area contributed by atoms with E-state index >= 15 is 0 Å². The van der Waals surface area contributed by atoms with E-state index in [0.717, 1.165) is 38.9 Å². The Labute approximate surface area is 131 Å². The molecule has 0 radical (unpaired) electrons. The standard InChI is InChI=1S/C16H23ClN2O2/c1-3-9-19(13-5-4-8-18-11-13)16(20)14-7-6-12(17)10-15(14)21-2/h6-7,10,13,18H,3-5,8-9,11H2,1-2H3. The lowest BCUT2D eigenvalue weighted by Gasteiger charge is -2.35. The van der Waals surface area contributed by atoms with Gasteiger partial charge in [0.15, 0.2) is 0 Å². The lowest BCUT2D eigenvalue weighted by atomic mass is 10.0. The highest BCUT2D eigenvalue weighted by Crippen LogP contribution is 2.26. The third kappa shape index (κ3) is 3.89. The SMILES string of the molecule is CCCN(C(=O)c1ccc(Cl)cc1OC)C1CCCNC1. The molecule has 0 saturated carbocycles. The van der Waals surface area contributed by atoms with Crippen molar-refractivity contribution in [3.05, 3.63) is 28.8 Å². The molecule has 1 saturated heterocycles. The van der Waals surface area contributed by atoms with Crippen LogP contribution in [-0.4, -0.2) is 43.6 Å². The summed E-state index contributed by atoms with van der Waals surface area (Å²) in [6.07, 6.45) is 3.10. The molecule has 0 aromatic heterocycles. The molecule has 1 aliphatic heterocycles. The summed E-state index contributed by atoms with van der Waals surface area (Å²) < 4.78 is 5.32. The normalized spacial score (nSPS) is 18.3. The summed E-state index contributed by atoms with van der Waals surface area (Å²) in [5, 5.41) is 3.95. The van der Waals surface area contributed by atoms with Crippen molar-refractivity contribution >= 4 is 17.5 Å². The molecule has 0 aliphatic carbocycles. The topological polar surface area (TPSA) is 41.6 Å². The van der Waals surface area contributed by atoms with Gasteiger partial charge in [0.05, 0.1) is 12.7 Å². The molecular weight excluding hydrogens is 288 g/mol. The van der Waals surface area contributed by atoms with E-state index in [1.165, 1.54) is 0 Å². The van der Waals surface area contributed by atoms with Gasteiger partial charge < -0.3 is 15.0 Å². The number of nitrogens with zero attached hydrogens (tertiary/aromatic N) is 1. The van der Waals surface area contributed by atoms with E-state index in [4.69, 9.17) is 16.3 Å². The third-order valence-electron chi connectivity index (χ3n) is 3.83. The highest BCUT2D eigenvalue weighted by Gasteiger charge is 2.27. The van der Waals surface area contributed by atoms with Crippen molar-refractivity contribution in [1.29, 1.82) is 0 Å². The van der Waals surface area contributed by atoms with Crippen LogP contribution >= 0.6 is 11.6 Å². The lowest BCUT2D eigenvalue weighted by molar-refractivity contribution is 0.0645. The molecule has 2 rings (SSSR count). The highest BCUT2D eigenvalue weighted by atomic mass is 35.5. The fourth-order valence-electron chi connectivity index (χ4n) is 2.79. The van der Waals surface area contributed by atoms with Gasteiger partial charge in [-0.15, -0.1) is 0 Å². The Kier molecular flexibility index (Phi) is 5.88. The largest absolute Gasteiger partial charge is 0.496 e. The molecule has 1 aromatic rings. The molecule has 0 spiro atoms. The smallest absolute Gasteiger partial charge is 0.257 e. The molecular formula is C16H23ClN2O2. The van der Waals surface area contributed by atoms with E-state index in [1.54, 1.807) is 25.3 Å². The van der Waals surface area contributed by atoms with Crippen molar-refractivity contribution in [2.45, 2.75) is 32.2 Å². The summed E-state index contributed by atoms with van der Waals surface area (Å²) in [4.78, 5) is 14.9. The molecule has 1 unspecified atom stereocenters. The zero-order chi connectivity index (χ0) is 15.2. The maximum absolute atomic E-state index is 12.9. The van der Waals surface area contributed by atoms with Crippen molar-refractivity contribution in [2.24, 2.45) is 0 Å². The maximum Gasteiger partial charge on any atom is 0.257 e. The van der Waals surface area contributed by atoms with Crippen molar-refractivity contribution < 1.29 is 9.53 Å². The summed E-state index contributed by atoms with van der Waals surface area (Å²) in [5.41, 5.74) is 0.584. The first-order chi connectivity index (χ1) is 10.2. The minimum atomic E-state index is 0.0269. The Morgan fingerprint density at radius 1 is 1.52 bits per heavy atom. The predicted octanol–water partition coefficient (Wildman–Crippen LogP) is 2.95. The van der Waals surface area contributed by atoms with Crippen LogP contribution in [0.25, 0.3) is 0 Å². The zero-order valence-electron chi connectivity index (χ0n) is 12.7. The lowest BCUT2D eigenvalue weighted by Crippen LogP contribution is -2.49. The Balaban J connectivity index is 2.25. The minimum Gasteiger partial charge on any atom is -0.496 e. The number of carbonyl (C=O) groups is 1. The minimum absolute atomic E-state index is 0.0269. The maximum atomic E-state index is 12.9. The number of nitrogens with one attached hydrogen (secondary N) is 1. The van der Waals surface area contributed by atoms with E-state index in [-0.39, 0.29) is 11.9 Å². The van der Waals surface area contributed by atoms with Crippen LogP contribution in [-0.2, 0) is 0 Å². The van der Waals surface area contributed by atoms with Gasteiger partial charge in [-0.1, -0.05) is 18.5 Å². The van der Waals surface area contributed by atoms with E-state index in [2.05, 4.69) is 12.2 Å². The fourth-order valence-corrected chi connectivity index (χ4v) is 2.95. The van der Waals surface area contributed by atoms with Gasteiger partial charge in [-0.05, 0) is 44.0 Å². The second-order valence-corrected chi connectivity index (χ2v) is 5.78. The van der Waals surface area contributed by atoms with E-state index in [1.807, 2.05) is 4.90 Å². The Morgan fingerprint density at radius 2 is 2.33 bits per heavy atom. The van der Waals surface area contributed by atoms with Crippen LogP contribution in [0.15, 0.2) is 18.2 Å². The highest BCUT2D eigenvalue weighted by molar-refractivity contribution is 6.30. The van der Waals surface area contributed by atoms with E-state index in [9.17, 15) is 4.79 Å². The molecule has 1 aromatic carbocycles. The summed E-state index contributed by atoms with van der Waals surface area (Å²) in [6, 6.07) is 5.44. The number of benzene rings is 1. The van der Waals surface area contributed by atoms with Gasteiger partial charge >= 0.3 is 0 Å². The molecule has 1 fully saturated rings. The molecule has 1 amide bonds. The van der Waals surface area contributed by atoms with Crippen molar-refractivity contribution in [3.8, 4) is 5.75 Å². The number of ether oxygens (including phenoxy) is 1. The van der Waals surface area contributed by atoms with Crippen molar-refractivity contribution in [3.63, 3.8) is 0 Å². The van der Waals surface area contributed by atoms with E-state index in [0.29, 0.717) is 16.3 Å². The summed E-state index contributed by atoms with van der Waals surface area (Å²) >= 11 is 5.97. The van der Waals surface area contributed by atoms with Gasteiger partial charge in [0, 0.05) is 24.2 Å². The van der Waals surface area contributed by atoms with Crippen LogP contribution in [0.1, 0.15) is 36.5 Å². The van der Waals surface area contributed by atoms with E-state index < -0.39 is 0 Å². The number of hydrogen-bond acceptors (Lipinski definition) is 3. The first kappa shape index (κ1) is 16.1. The van der Waals surface area contributed by atoms with Crippen LogP contribution in [0.5, 0.6) is 5.75 Å². The fraction of sp³-hybridized carbons (Fsp3) is 0.562. The molecule has 1 atom stereocenters. The first-order valence-corrected chi connectivity index (χ1v) is 7.90. The van der Waals surface area contributed by atoms with Gasteiger partial charge in [-0.3, -0.25) is 4.79 Å². The number of methoxy groups -OCH3 is 1. The van der Waals surface area contributed by atoms with Gasteiger partial charge in [-0.2, -0.15) is 0 Å². The van der Waals surface area contributed by atoms with Crippen molar-refractivity contribution in [1.82, 2.24) is 10.2 Å². The van der Waals surface area contributed by atoms with Crippen molar-refractivity contribution in [2.75, 3.05) is 26.7 Å². The monoisotopic (exact) mass is 310 g/mol. The summed E-state index contributed by atoms with van der Waals surface area (Å²) in [7, 11) is 1.56. The molecule has 1 heterocycles. The van der Waals surface area contributed by atoms with Gasteiger partial charge in [0.25, 0.3) is 5.91 Å². The van der Waals surface area contributed by atoms with Gasteiger partial charge in [-0.25, -0.2) is 0 Å². The van der Waals surface area contributed by atoms with Crippen LogP contribution in [0.4, 0.5) is 0 Å². The van der Waals surface area contributed by atoms with Crippen LogP contribution < -0.4 is 10.1 Å². The average Bonchev–Trinajstić information content (AvgIpc) is 2.52. The molecule has 4 nitrogen and oxygen atoms in total. The summed E-state index contributed by atoms with van der Waals surface area (Å²) in [6.45, 7) is 4.75. The first-order valence-electron chi connectivity index (χ1n) is 7.52. The molecule has 1 N–H and O–H groups in total.